The van der Waals surface area contributed by atoms with Gasteiger partial charge in [0.1, 0.15) is 59.9 Å². The van der Waals surface area contributed by atoms with Crippen molar-refractivity contribution in [3.8, 4) is 70.6 Å². The van der Waals surface area contributed by atoms with Crippen LogP contribution in [-0.4, -0.2) is 106 Å². The van der Waals surface area contributed by atoms with Crippen molar-refractivity contribution in [2.45, 2.75) is 71.5 Å². The van der Waals surface area contributed by atoms with E-state index in [9.17, 15) is 25.5 Å². The Balaban J connectivity index is 0.000000189. The lowest BCUT2D eigenvalue weighted by Gasteiger charge is -2.40. The molecule has 2 saturated heterocycles. The number of rotatable bonds is 15. The second kappa shape index (κ2) is 22.0. The van der Waals surface area contributed by atoms with Gasteiger partial charge in [-0.05, 0) is 118 Å². The standard InChI is InChI=1S/C32H32N6O3.C28H26N6O2/c1-5-22-8-11-34-27(14-22)28(39)16-32(4)9-12-37(13-10-32)29-7-6-23(18-35-29)26-15-25(41-21-31(2,3)40)20-38-30(26)24(17-33)19-36-38;1-4-23-7-5-19(12-30-23)9-20-15-33(16-20)26-8-6-21(13-31-26)25-10-24(36-18-28(2,3)35)17-34-27(25)22(11-29)14-32-34/h1,6-8,11,14-15,18-20,40H,9-10,12-13,16,21H2,2-4H3;1,5-8,10,12-14,17,20,35H,9,15-16,18H2,2-3H3. The molecule has 77 heavy (non-hydrogen) atoms. The lowest BCUT2D eigenvalue weighted by molar-refractivity contribution is 0.0280. The van der Waals surface area contributed by atoms with Gasteiger partial charge in [-0.15, -0.1) is 12.8 Å². The number of nitriles is 2. The molecule has 8 aromatic rings. The van der Waals surface area contributed by atoms with Crippen molar-refractivity contribution < 1.29 is 24.5 Å². The number of fused-ring (bicyclic) bond motifs is 2. The van der Waals surface area contributed by atoms with Crippen LogP contribution in [0, 0.1) is 58.7 Å². The summed E-state index contributed by atoms with van der Waals surface area (Å²) in [5, 5.41) is 48.0. The molecular formula is C60H58N12O5. The summed E-state index contributed by atoms with van der Waals surface area (Å²) >= 11 is 0. The zero-order chi connectivity index (χ0) is 54.5. The van der Waals surface area contributed by atoms with Gasteiger partial charge in [-0.1, -0.05) is 24.8 Å². The molecule has 0 radical (unpaired) electrons. The number of Topliss-reactive ketones (excluding diaryl/α,β-unsaturated/α-hetero) is 1. The highest BCUT2D eigenvalue weighted by atomic mass is 16.5. The molecule has 8 aromatic heterocycles. The van der Waals surface area contributed by atoms with Gasteiger partial charge >= 0.3 is 0 Å². The van der Waals surface area contributed by atoms with E-state index in [1.165, 1.54) is 18.0 Å². The molecule has 388 valence electrons. The van der Waals surface area contributed by atoms with Gasteiger partial charge in [0.25, 0.3) is 0 Å². The summed E-state index contributed by atoms with van der Waals surface area (Å²) in [5.41, 5.74) is 6.31. The van der Waals surface area contributed by atoms with Crippen LogP contribution < -0.4 is 19.3 Å². The van der Waals surface area contributed by atoms with Gasteiger partial charge in [0.05, 0.1) is 58.1 Å². The second-order valence-electron chi connectivity index (χ2n) is 21.3. The molecule has 2 fully saturated rings. The zero-order valence-electron chi connectivity index (χ0n) is 43.7. The summed E-state index contributed by atoms with van der Waals surface area (Å²) in [7, 11) is 0. The number of terminal acetylenes is 2. The van der Waals surface area contributed by atoms with Gasteiger partial charge in [-0.3, -0.25) is 9.78 Å². The van der Waals surface area contributed by atoms with Crippen LogP contribution in [0.15, 0.2) is 110 Å². The fourth-order valence-electron chi connectivity index (χ4n) is 9.39. The third kappa shape index (κ3) is 12.5. The van der Waals surface area contributed by atoms with E-state index in [-0.39, 0.29) is 24.4 Å². The first-order chi connectivity index (χ1) is 36.9. The highest BCUT2D eigenvalue weighted by Gasteiger charge is 2.34. The summed E-state index contributed by atoms with van der Waals surface area (Å²) in [6.45, 7) is 12.5. The Morgan fingerprint density at radius 2 is 1.27 bits per heavy atom. The maximum atomic E-state index is 12.9. The molecule has 2 N–H and O–H groups in total. The van der Waals surface area contributed by atoms with E-state index in [4.69, 9.17) is 32.3 Å². The van der Waals surface area contributed by atoms with Crippen LogP contribution in [0.1, 0.15) is 92.3 Å². The summed E-state index contributed by atoms with van der Waals surface area (Å²) in [5.74, 6) is 8.49. The van der Waals surface area contributed by atoms with E-state index < -0.39 is 11.2 Å². The zero-order valence-corrected chi connectivity index (χ0v) is 43.7. The first-order valence-electron chi connectivity index (χ1n) is 25.2. The largest absolute Gasteiger partial charge is 0.489 e. The van der Waals surface area contributed by atoms with E-state index in [0.29, 0.717) is 62.9 Å². The molecule has 10 rings (SSSR count). The number of hydrogen-bond donors (Lipinski definition) is 2. The molecule has 17 nitrogen and oxygen atoms in total. The normalized spacial score (nSPS) is 14.3. The number of ether oxygens (including phenoxy) is 2. The molecule has 10 heterocycles. The van der Waals surface area contributed by atoms with Crippen molar-refractivity contribution >= 4 is 28.5 Å². The van der Waals surface area contributed by atoms with Crippen molar-refractivity contribution in [1.82, 2.24) is 39.2 Å². The number of ketones is 1. The number of aromatic nitrogens is 8. The number of pyridine rings is 6. The highest BCUT2D eigenvalue weighted by Crippen LogP contribution is 2.38. The first kappa shape index (κ1) is 52.7. The molecule has 0 amide bonds. The van der Waals surface area contributed by atoms with Crippen LogP contribution in [0.4, 0.5) is 11.6 Å². The lowest BCUT2D eigenvalue weighted by atomic mass is 9.76. The van der Waals surface area contributed by atoms with Crippen molar-refractivity contribution in [3.63, 3.8) is 0 Å². The van der Waals surface area contributed by atoms with Gasteiger partial charge in [-0.2, -0.15) is 20.7 Å². The van der Waals surface area contributed by atoms with Crippen LogP contribution in [0.5, 0.6) is 11.5 Å². The first-order valence-corrected chi connectivity index (χ1v) is 25.2. The number of carbonyl (C=O) groups is 1. The SMILES string of the molecule is C#Cc1ccc(CC2CN(c3ccc(-c4cc(OCC(C)(C)O)cn5ncc(C#N)c45)cn3)C2)cn1.C#Cc1ccnc(C(=O)CC2(C)CCN(c3ccc(-c4cc(OCC(C)(C)O)cn5ncc(C#N)c45)cn3)CC2)c1. The summed E-state index contributed by atoms with van der Waals surface area (Å²) in [4.78, 5) is 35.4. The summed E-state index contributed by atoms with van der Waals surface area (Å²) in [6, 6.07) is 23.4. The number of piperidine rings is 1. The predicted molar refractivity (Wildman–Crippen MR) is 292 cm³/mol. The maximum Gasteiger partial charge on any atom is 0.181 e. The molecular weight excluding hydrogens is 969 g/mol. The Hall–Kier alpha value is -9.13. The molecule has 0 aromatic carbocycles. The van der Waals surface area contributed by atoms with Crippen LogP contribution >= 0.6 is 0 Å². The smallest absolute Gasteiger partial charge is 0.181 e. The van der Waals surface area contributed by atoms with E-state index in [1.54, 1.807) is 73.6 Å². The Morgan fingerprint density at radius 1 is 0.714 bits per heavy atom. The van der Waals surface area contributed by atoms with Crippen LogP contribution in [-0.2, 0) is 6.42 Å². The Labute approximate surface area is 447 Å². The second-order valence-corrected chi connectivity index (χ2v) is 21.3. The average molecular weight is 1030 g/mol. The third-order valence-electron chi connectivity index (χ3n) is 13.6. The molecule has 0 aliphatic carbocycles. The van der Waals surface area contributed by atoms with Crippen molar-refractivity contribution in [3.05, 3.63) is 144 Å². The molecule has 0 saturated carbocycles. The van der Waals surface area contributed by atoms with E-state index in [1.807, 2.05) is 60.9 Å². The van der Waals surface area contributed by atoms with Gasteiger partial charge < -0.3 is 29.5 Å². The predicted octanol–water partition coefficient (Wildman–Crippen LogP) is 8.15. The minimum Gasteiger partial charge on any atom is -0.489 e. The van der Waals surface area contributed by atoms with E-state index in [2.05, 4.69) is 60.9 Å². The summed E-state index contributed by atoms with van der Waals surface area (Å²) < 4.78 is 14.9. The Bertz CT molecular complexity index is 3610. The molecule has 0 unspecified atom stereocenters. The molecule has 0 spiro atoms. The Kier molecular flexibility index (Phi) is 15.1. The number of hydrogen-bond acceptors (Lipinski definition) is 15. The van der Waals surface area contributed by atoms with Crippen molar-refractivity contribution in [1.29, 1.82) is 10.5 Å². The van der Waals surface area contributed by atoms with Gasteiger partial charge in [0.15, 0.2) is 5.78 Å². The molecule has 2 aliphatic rings. The van der Waals surface area contributed by atoms with E-state index in [0.717, 1.165) is 79.3 Å². The van der Waals surface area contributed by atoms with Gasteiger partial charge in [0.2, 0.25) is 0 Å². The maximum absolute atomic E-state index is 12.9. The van der Waals surface area contributed by atoms with E-state index >= 15 is 0 Å². The molecule has 2 aliphatic heterocycles. The lowest BCUT2D eigenvalue weighted by Crippen LogP contribution is -2.48. The van der Waals surface area contributed by atoms with Crippen molar-refractivity contribution in [2.24, 2.45) is 11.3 Å². The fourth-order valence-corrected chi connectivity index (χ4v) is 9.39. The molecule has 17 heteroatoms. The number of carbonyl (C=O) groups excluding carboxylic acids is 1. The monoisotopic (exact) mass is 1030 g/mol. The van der Waals surface area contributed by atoms with Gasteiger partial charge in [-0.25, -0.2) is 24.0 Å². The fraction of sp³-hybridized carbons (Fsp3) is 0.317. The van der Waals surface area contributed by atoms with Crippen LogP contribution in [0.3, 0.4) is 0 Å². The third-order valence-corrected chi connectivity index (χ3v) is 13.6. The molecule has 0 bridgehead atoms. The Morgan fingerprint density at radius 3 is 1.74 bits per heavy atom. The van der Waals surface area contributed by atoms with Crippen molar-refractivity contribution in [2.75, 3.05) is 49.2 Å². The molecule has 0 atom stereocenters. The average Bonchev–Trinajstić information content (AvgIpc) is 4.07. The minimum absolute atomic E-state index is 0.0113. The quantitative estimate of drug-likeness (QED) is 0.0732. The summed E-state index contributed by atoms with van der Waals surface area (Å²) in [6.07, 6.45) is 27.5. The van der Waals surface area contributed by atoms with Crippen LogP contribution in [0.2, 0.25) is 0 Å². The number of nitrogens with zero attached hydrogens (tertiary/aromatic N) is 12. The highest BCUT2D eigenvalue weighted by molar-refractivity contribution is 5.95. The number of anilines is 2. The number of aliphatic hydroxyl groups is 2. The van der Waals surface area contributed by atoms with Gasteiger partial charge in [0, 0.05) is 85.2 Å². The van der Waals surface area contributed by atoms with Crippen LogP contribution in [0.25, 0.3) is 33.3 Å². The topological polar surface area (TPSA) is 216 Å². The minimum atomic E-state index is -0.998.